The van der Waals surface area contributed by atoms with Gasteiger partial charge in [0.1, 0.15) is 11.9 Å². The van der Waals surface area contributed by atoms with Crippen LogP contribution in [0.15, 0.2) is 18.2 Å². The Morgan fingerprint density at radius 1 is 1.40 bits per heavy atom. The monoisotopic (exact) mass is 351 g/mol. The molecule has 1 aromatic rings. The fraction of sp³-hybridized carbons (Fsp3) is 0.556. The van der Waals surface area contributed by atoms with Crippen LogP contribution in [0.25, 0.3) is 0 Å². The summed E-state index contributed by atoms with van der Waals surface area (Å²) in [5.74, 6) is -0.948. The molecule has 2 rings (SSSR count). The van der Waals surface area contributed by atoms with Crippen molar-refractivity contribution in [2.24, 2.45) is 0 Å². The van der Waals surface area contributed by atoms with E-state index < -0.39 is 6.10 Å². The topological polar surface area (TPSA) is 72.9 Å². The number of nitrogens with one attached hydrogen (secondary N) is 1. The van der Waals surface area contributed by atoms with Gasteiger partial charge < -0.3 is 20.2 Å². The quantitative estimate of drug-likeness (QED) is 0.798. The van der Waals surface area contributed by atoms with Crippen LogP contribution in [0.3, 0.4) is 0 Å². The normalized spacial score (nSPS) is 18.4. The Bertz CT molecular complexity index is 622. The van der Waals surface area contributed by atoms with Crippen LogP contribution in [0.2, 0.25) is 0 Å². The van der Waals surface area contributed by atoms with Gasteiger partial charge in [-0.05, 0) is 51.1 Å². The van der Waals surface area contributed by atoms with Gasteiger partial charge in [-0.25, -0.2) is 4.39 Å². The van der Waals surface area contributed by atoms with Crippen molar-refractivity contribution in [3.63, 3.8) is 0 Å². The third kappa shape index (κ3) is 5.79. The number of aliphatic hydroxyl groups is 1. The van der Waals surface area contributed by atoms with Gasteiger partial charge in [0.2, 0.25) is 5.91 Å². The van der Waals surface area contributed by atoms with E-state index in [1.54, 1.807) is 12.1 Å². The first-order valence-electron chi connectivity index (χ1n) is 8.52. The summed E-state index contributed by atoms with van der Waals surface area (Å²) >= 11 is 0. The van der Waals surface area contributed by atoms with Crippen LogP contribution >= 0.6 is 0 Å². The van der Waals surface area contributed by atoms with Crippen LogP contribution < -0.4 is 5.32 Å². The number of rotatable bonds is 6. The molecule has 1 aliphatic heterocycles. The Morgan fingerprint density at radius 3 is 2.88 bits per heavy atom. The molecule has 0 spiro atoms. The summed E-state index contributed by atoms with van der Waals surface area (Å²) in [4.78, 5) is 27.4. The summed E-state index contributed by atoms with van der Waals surface area (Å²) in [6, 6.07) is 4.76. The van der Waals surface area contributed by atoms with Crippen LogP contribution in [0.1, 0.15) is 30.4 Å². The minimum Gasteiger partial charge on any atom is -0.383 e. The largest absolute Gasteiger partial charge is 0.383 e. The van der Waals surface area contributed by atoms with Crippen LogP contribution in [0, 0.1) is 5.82 Å². The molecule has 1 aliphatic rings. The molecule has 1 aromatic carbocycles. The minimum absolute atomic E-state index is 0.0678. The van der Waals surface area contributed by atoms with Crippen molar-refractivity contribution >= 4 is 11.8 Å². The Morgan fingerprint density at radius 2 is 2.16 bits per heavy atom. The molecular weight excluding hydrogens is 325 g/mol. The first kappa shape index (κ1) is 19.3. The summed E-state index contributed by atoms with van der Waals surface area (Å²) < 4.78 is 13.8. The average Bonchev–Trinajstić information content (AvgIpc) is 2.71. The van der Waals surface area contributed by atoms with E-state index in [1.807, 2.05) is 19.0 Å². The number of carbonyl (C=O) groups excluding carboxylic acids is 2. The highest BCUT2D eigenvalue weighted by Gasteiger charge is 2.26. The molecule has 25 heavy (non-hydrogen) atoms. The molecule has 0 bridgehead atoms. The second-order valence-corrected chi connectivity index (χ2v) is 6.71. The lowest BCUT2D eigenvalue weighted by Crippen LogP contribution is -2.44. The van der Waals surface area contributed by atoms with Crippen molar-refractivity contribution in [3.8, 4) is 0 Å². The number of hydrogen-bond donors (Lipinski definition) is 2. The molecule has 0 saturated carbocycles. The van der Waals surface area contributed by atoms with Crippen molar-refractivity contribution in [1.82, 2.24) is 15.1 Å². The first-order valence-corrected chi connectivity index (χ1v) is 8.52. The number of aliphatic hydroxyl groups excluding tert-OH is 1. The molecule has 2 amide bonds. The zero-order valence-corrected chi connectivity index (χ0v) is 14.8. The van der Waals surface area contributed by atoms with Crippen molar-refractivity contribution in [3.05, 3.63) is 35.1 Å². The number of nitrogens with zero attached hydrogens (tertiary/aromatic N) is 2. The van der Waals surface area contributed by atoms with Crippen molar-refractivity contribution in [2.75, 3.05) is 27.2 Å². The van der Waals surface area contributed by atoms with E-state index in [-0.39, 0.29) is 30.7 Å². The molecule has 1 saturated heterocycles. The first-order chi connectivity index (χ1) is 11.9. The molecule has 0 radical (unpaired) electrons. The number of likely N-dealkylation sites (tertiary alicyclic amines) is 1. The third-order valence-electron chi connectivity index (χ3n) is 4.17. The molecule has 0 aliphatic carbocycles. The summed E-state index contributed by atoms with van der Waals surface area (Å²) in [6.45, 7) is 1.16. The Hall–Kier alpha value is -1.99. The third-order valence-corrected chi connectivity index (χ3v) is 4.17. The van der Waals surface area contributed by atoms with E-state index in [0.717, 1.165) is 18.4 Å². The van der Waals surface area contributed by atoms with Gasteiger partial charge in [-0.15, -0.1) is 0 Å². The van der Waals surface area contributed by atoms with Gasteiger partial charge in [0, 0.05) is 25.2 Å². The Labute approximate surface area is 147 Å². The van der Waals surface area contributed by atoms with Gasteiger partial charge in [-0.3, -0.25) is 9.59 Å². The van der Waals surface area contributed by atoms with E-state index in [2.05, 4.69) is 5.32 Å². The Kier molecular flexibility index (Phi) is 6.90. The lowest BCUT2D eigenvalue weighted by molar-refractivity contribution is -0.142. The summed E-state index contributed by atoms with van der Waals surface area (Å²) in [7, 11) is 3.72. The van der Waals surface area contributed by atoms with Crippen LogP contribution in [-0.4, -0.2) is 60.0 Å². The highest BCUT2D eigenvalue weighted by atomic mass is 19.1. The maximum absolute atomic E-state index is 13.8. The average molecular weight is 351 g/mol. The second-order valence-electron chi connectivity index (χ2n) is 6.71. The second kappa shape index (κ2) is 8.92. The minimum atomic E-state index is -1.01. The van der Waals surface area contributed by atoms with Gasteiger partial charge in [0.15, 0.2) is 0 Å². The predicted molar refractivity (Wildman–Crippen MR) is 92.1 cm³/mol. The van der Waals surface area contributed by atoms with E-state index in [4.69, 9.17) is 0 Å². The molecule has 0 aromatic heterocycles. The zero-order valence-electron chi connectivity index (χ0n) is 14.8. The smallest absolute Gasteiger partial charge is 0.251 e. The lowest BCUT2D eigenvalue weighted by Gasteiger charge is -2.21. The molecule has 1 heterocycles. The van der Waals surface area contributed by atoms with Crippen LogP contribution in [-0.2, 0) is 22.7 Å². The highest BCUT2D eigenvalue weighted by molar-refractivity contribution is 5.87. The van der Waals surface area contributed by atoms with Crippen molar-refractivity contribution < 1.29 is 19.1 Å². The molecule has 7 heteroatoms. The van der Waals surface area contributed by atoms with Crippen molar-refractivity contribution in [2.45, 2.75) is 38.5 Å². The molecule has 1 atom stereocenters. The number of carbonyl (C=O) groups is 2. The number of halogens is 1. The summed E-state index contributed by atoms with van der Waals surface area (Å²) in [6.07, 6.45) is 0.985. The molecule has 138 valence electrons. The number of benzene rings is 1. The maximum atomic E-state index is 13.8. The number of amides is 2. The summed E-state index contributed by atoms with van der Waals surface area (Å²) in [5, 5.41) is 12.5. The zero-order chi connectivity index (χ0) is 18.4. The van der Waals surface area contributed by atoms with E-state index in [1.165, 1.54) is 11.0 Å². The molecular formula is C18H26FN3O3. The fourth-order valence-corrected chi connectivity index (χ4v) is 2.87. The maximum Gasteiger partial charge on any atom is 0.251 e. The van der Waals surface area contributed by atoms with Crippen molar-refractivity contribution in [1.29, 1.82) is 0 Å². The molecule has 6 nitrogen and oxygen atoms in total. The highest BCUT2D eigenvalue weighted by Crippen LogP contribution is 2.13. The van der Waals surface area contributed by atoms with E-state index in [0.29, 0.717) is 25.1 Å². The lowest BCUT2D eigenvalue weighted by atomic mass is 10.1. The SMILES string of the molecule is CN(C)Cc1cc(CNC(=O)CN2CCCCC(O)C2=O)ccc1F. The predicted octanol–water partition coefficient (Wildman–Crippen LogP) is 0.877. The Balaban J connectivity index is 1.90. The van der Waals surface area contributed by atoms with Crippen LogP contribution in [0.5, 0.6) is 0 Å². The van der Waals surface area contributed by atoms with Gasteiger partial charge >= 0.3 is 0 Å². The van der Waals surface area contributed by atoms with Gasteiger partial charge in [-0.1, -0.05) is 6.07 Å². The molecule has 1 fully saturated rings. The standard InChI is InChI=1S/C18H26FN3O3/c1-21(2)11-14-9-13(6-7-15(14)19)10-20-17(24)12-22-8-4-3-5-16(23)18(22)25/h6-7,9,16,23H,3-5,8,10-12H2,1-2H3,(H,20,24). The van der Waals surface area contributed by atoms with Gasteiger partial charge in [0.25, 0.3) is 5.91 Å². The van der Waals surface area contributed by atoms with E-state index >= 15 is 0 Å². The van der Waals surface area contributed by atoms with Gasteiger partial charge in [0.05, 0.1) is 6.54 Å². The molecule has 1 unspecified atom stereocenters. The van der Waals surface area contributed by atoms with E-state index in [9.17, 15) is 19.1 Å². The summed E-state index contributed by atoms with van der Waals surface area (Å²) in [5.41, 5.74) is 1.37. The number of hydrogen-bond acceptors (Lipinski definition) is 4. The van der Waals surface area contributed by atoms with Crippen LogP contribution in [0.4, 0.5) is 4.39 Å². The van der Waals surface area contributed by atoms with Gasteiger partial charge in [-0.2, -0.15) is 0 Å². The molecule has 2 N–H and O–H groups in total. The fourth-order valence-electron chi connectivity index (χ4n) is 2.87.